The first-order valence-corrected chi connectivity index (χ1v) is 4.03. The molecule has 0 aromatic carbocycles. The van der Waals surface area contributed by atoms with Crippen molar-refractivity contribution in [3.8, 4) is 0 Å². The molecule has 14 heavy (non-hydrogen) atoms. The molecule has 2 aromatic rings. The van der Waals surface area contributed by atoms with Gasteiger partial charge in [-0.25, -0.2) is 15.8 Å². The number of rotatable bonds is 1. The summed E-state index contributed by atoms with van der Waals surface area (Å²) in [6.45, 7) is 0. The average molecular weight is 188 g/mol. The van der Waals surface area contributed by atoms with Crippen LogP contribution in [0.1, 0.15) is 10.4 Å². The number of aromatic nitrogens is 2. The van der Waals surface area contributed by atoms with Crippen molar-refractivity contribution in [2.45, 2.75) is 0 Å². The largest absolute Gasteiger partial charge is 0.290 e. The summed E-state index contributed by atoms with van der Waals surface area (Å²) in [5, 5.41) is 0.693. The van der Waals surface area contributed by atoms with Crippen LogP contribution in [0.3, 0.4) is 0 Å². The molecule has 0 bridgehead atoms. The Bertz CT molecular complexity index is 478. The molecule has 2 heterocycles. The van der Waals surface area contributed by atoms with E-state index in [-0.39, 0.29) is 5.91 Å². The van der Waals surface area contributed by atoms with Gasteiger partial charge in [-0.1, -0.05) is 0 Å². The molecule has 5 nitrogen and oxygen atoms in total. The number of hydrazine groups is 1. The Morgan fingerprint density at radius 1 is 1.29 bits per heavy atom. The number of nitrogen functional groups attached to an aromatic ring is 1. The molecule has 0 atom stereocenters. The zero-order valence-corrected chi connectivity index (χ0v) is 7.27. The lowest BCUT2D eigenvalue weighted by atomic mass is 10.1. The number of hydrogen-bond donors (Lipinski definition) is 2. The van der Waals surface area contributed by atoms with E-state index in [4.69, 9.17) is 5.84 Å². The summed E-state index contributed by atoms with van der Waals surface area (Å²) in [6.07, 6.45) is 3.15. The van der Waals surface area contributed by atoms with Gasteiger partial charge in [-0.3, -0.25) is 10.2 Å². The smallest absolute Gasteiger partial charge is 0.265 e. The molecule has 0 aliphatic rings. The molecule has 0 saturated heterocycles. The van der Waals surface area contributed by atoms with E-state index in [1.54, 1.807) is 24.4 Å². The van der Waals surface area contributed by atoms with Crippen LogP contribution in [-0.2, 0) is 0 Å². The summed E-state index contributed by atoms with van der Waals surface area (Å²) < 4.78 is 0. The topological polar surface area (TPSA) is 80.9 Å². The molecule has 2 rings (SSSR count). The molecular formula is C9H8N4O. The standard InChI is InChI=1S/C9H8N4O/c10-13-9(14)7-3-5-12-8-6(7)2-1-4-11-8/h1-5H,10H2,(H,13,14). The first-order valence-electron chi connectivity index (χ1n) is 4.03. The van der Waals surface area contributed by atoms with E-state index < -0.39 is 0 Å². The normalized spacial score (nSPS) is 10.1. The highest BCUT2D eigenvalue weighted by atomic mass is 16.2. The van der Waals surface area contributed by atoms with E-state index in [1.807, 2.05) is 0 Å². The van der Waals surface area contributed by atoms with Crippen molar-refractivity contribution in [3.63, 3.8) is 0 Å². The predicted molar refractivity (Wildman–Crippen MR) is 51.2 cm³/mol. The number of nitrogens with two attached hydrogens (primary N) is 1. The van der Waals surface area contributed by atoms with Gasteiger partial charge in [-0.15, -0.1) is 0 Å². The zero-order valence-electron chi connectivity index (χ0n) is 7.27. The molecule has 2 aromatic heterocycles. The molecule has 0 unspecified atom stereocenters. The van der Waals surface area contributed by atoms with Crippen LogP contribution in [0, 0.1) is 0 Å². The van der Waals surface area contributed by atoms with Crippen molar-refractivity contribution in [3.05, 3.63) is 36.2 Å². The maximum Gasteiger partial charge on any atom is 0.265 e. The van der Waals surface area contributed by atoms with Gasteiger partial charge in [0.25, 0.3) is 5.91 Å². The lowest BCUT2D eigenvalue weighted by Gasteiger charge is -2.02. The van der Waals surface area contributed by atoms with Crippen molar-refractivity contribution >= 4 is 16.9 Å². The van der Waals surface area contributed by atoms with Crippen molar-refractivity contribution in [2.24, 2.45) is 5.84 Å². The Morgan fingerprint density at radius 2 is 2.07 bits per heavy atom. The van der Waals surface area contributed by atoms with Crippen LogP contribution in [0.4, 0.5) is 0 Å². The number of fused-ring (bicyclic) bond motifs is 1. The first kappa shape index (κ1) is 8.58. The van der Waals surface area contributed by atoms with E-state index in [0.29, 0.717) is 16.6 Å². The fourth-order valence-corrected chi connectivity index (χ4v) is 1.26. The van der Waals surface area contributed by atoms with Crippen molar-refractivity contribution < 1.29 is 4.79 Å². The Labute approximate surface area is 79.9 Å². The van der Waals surface area contributed by atoms with Gasteiger partial charge in [-0.2, -0.15) is 0 Å². The minimum absolute atomic E-state index is 0.342. The zero-order chi connectivity index (χ0) is 9.97. The van der Waals surface area contributed by atoms with Gasteiger partial charge in [0.15, 0.2) is 5.65 Å². The fourth-order valence-electron chi connectivity index (χ4n) is 1.26. The lowest BCUT2D eigenvalue weighted by molar-refractivity contribution is 0.0955. The van der Waals surface area contributed by atoms with E-state index in [2.05, 4.69) is 15.4 Å². The van der Waals surface area contributed by atoms with Gasteiger partial charge < -0.3 is 0 Å². The van der Waals surface area contributed by atoms with Gasteiger partial charge in [0.2, 0.25) is 0 Å². The van der Waals surface area contributed by atoms with Crippen molar-refractivity contribution in [2.75, 3.05) is 0 Å². The van der Waals surface area contributed by atoms with Crippen LogP contribution in [0.2, 0.25) is 0 Å². The van der Waals surface area contributed by atoms with Gasteiger partial charge >= 0.3 is 0 Å². The molecule has 0 fully saturated rings. The van der Waals surface area contributed by atoms with Crippen LogP contribution < -0.4 is 11.3 Å². The highest BCUT2D eigenvalue weighted by molar-refractivity contribution is 6.04. The number of amides is 1. The Morgan fingerprint density at radius 3 is 2.86 bits per heavy atom. The molecule has 0 radical (unpaired) electrons. The third kappa shape index (κ3) is 1.29. The van der Waals surface area contributed by atoms with Crippen molar-refractivity contribution in [1.29, 1.82) is 0 Å². The quantitative estimate of drug-likeness (QED) is 0.381. The Kier molecular flexibility index (Phi) is 2.08. The number of carbonyl (C=O) groups is 1. The second-order valence-electron chi connectivity index (χ2n) is 2.71. The second-order valence-corrected chi connectivity index (χ2v) is 2.71. The van der Waals surface area contributed by atoms with E-state index >= 15 is 0 Å². The number of nitrogens with zero attached hydrogens (tertiary/aromatic N) is 2. The lowest BCUT2D eigenvalue weighted by Crippen LogP contribution is -2.30. The highest BCUT2D eigenvalue weighted by Crippen LogP contribution is 2.13. The third-order valence-electron chi connectivity index (χ3n) is 1.89. The van der Waals surface area contributed by atoms with E-state index in [0.717, 1.165) is 0 Å². The molecular weight excluding hydrogens is 180 g/mol. The number of hydrogen-bond acceptors (Lipinski definition) is 4. The minimum atomic E-state index is -0.342. The van der Waals surface area contributed by atoms with Crippen molar-refractivity contribution in [1.82, 2.24) is 15.4 Å². The molecule has 5 heteroatoms. The molecule has 0 spiro atoms. The van der Waals surface area contributed by atoms with Crippen LogP contribution in [0.15, 0.2) is 30.6 Å². The highest BCUT2D eigenvalue weighted by Gasteiger charge is 2.08. The SMILES string of the molecule is NNC(=O)c1ccnc2ncccc12. The van der Waals surface area contributed by atoms with Gasteiger partial charge in [-0.05, 0) is 18.2 Å². The summed E-state index contributed by atoms with van der Waals surface area (Å²) >= 11 is 0. The number of nitrogens with one attached hydrogen (secondary N) is 1. The average Bonchev–Trinajstić information content (AvgIpc) is 2.27. The maximum atomic E-state index is 11.3. The minimum Gasteiger partial charge on any atom is -0.290 e. The molecule has 3 N–H and O–H groups in total. The van der Waals surface area contributed by atoms with E-state index in [1.165, 1.54) is 6.20 Å². The van der Waals surface area contributed by atoms with Crippen LogP contribution in [-0.4, -0.2) is 15.9 Å². The molecule has 70 valence electrons. The predicted octanol–water partition coefficient (Wildman–Crippen LogP) is 0.233. The second kappa shape index (κ2) is 3.39. The molecule has 0 aliphatic heterocycles. The summed E-state index contributed by atoms with van der Waals surface area (Å²) in [7, 11) is 0. The third-order valence-corrected chi connectivity index (χ3v) is 1.89. The van der Waals surface area contributed by atoms with E-state index in [9.17, 15) is 4.79 Å². The van der Waals surface area contributed by atoms with Gasteiger partial charge in [0, 0.05) is 17.8 Å². The number of pyridine rings is 2. The van der Waals surface area contributed by atoms with Crippen LogP contribution in [0.25, 0.3) is 11.0 Å². The summed E-state index contributed by atoms with van der Waals surface area (Å²) in [5.74, 6) is 4.71. The first-order chi connectivity index (χ1) is 6.83. The Balaban J connectivity index is 2.71. The summed E-state index contributed by atoms with van der Waals surface area (Å²) in [5.41, 5.74) is 3.09. The number of carbonyl (C=O) groups excluding carboxylic acids is 1. The molecule has 0 aliphatic carbocycles. The summed E-state index contributed by atoms with van der Waals surface area (Å²) in [4.78, 5) is 19.4. The molecule has 1 amide bonds. The maximum absolute atomic E-state index is 11.3. The monoisotopic (exact) mass is 188 g/mol. The fraction of sp³-hybridized carbons (Fsp3) is 0. The van der Waals surface area contributed by atoms with Gasteiger partial charge in [0.05, 0.1) is 5.56 Å². The molecule has 0 saturated carbocycles. The van der Waals surface area contributed by atoms with Crippen LogP contribution in [0.5, 0.6) is 0 Å². The summed E-state index contributed by atoms with van der Waals surface area (Å²) in [6, 6.07) is 5.13. The van der Waals surface area contributed by atoms with Gasteiger partial charge in [0.1, 0.15) is 0 Å². The Hall–Kier alpha value is -2.01. The van der Waals surface area contributed by atoms with Crippen LogP contribution >= 0.6 is 0 Å².